The molecular weight excluding hydrogens is 256 g/mol. The molecule has 0 saturated carbocycles. The molecule has 0 bridgehead atoms. The van der Waals surface area contributed by atoms with Gasteiger partial charge in [-0.15, -0.1) is 0 Å². The van der Waals surface area contributed by atoms with Crippen molar-refractivity contribution in [1.29, 1.82) is 0 Å². The molecule has 0 heterocycles. The number of rotatable bonds is 0. The predicted octanol–water partition coefficient (Wildman–Crippen LogP) is 4.70. The molecule has 0 aliphatic heterocycles. The van der Waals surface area contributed by atoms with Gasteiger partial charge in [0.1, 0.15) is 0 Å². The molecule has 2 heteroatoms. The Morgan fingerprint density at radius 2 is 1.42 bits per heavy atom. The Labute approximate surface area is 115 Å². The number of benzene rings is 3. The highest BCUT2D eigenvalue weighted by Crippen LogP contribution is 2.39. The van der Waals surface area contributed by atoms with Crippen LogP contribution < -0.4 is 0 Å². The number of carbonyl (C=O) groups excluding carboxylic acids is 1. The van der Waals surface area contributed by atoms with Gasteiger partial charge in [0.2, 0.25) is 0 Å². The van der Waals surface area contributed by atoms with Gasteiger partial charge in [-0.25, -0.2) is 0 Å². The van der Waals surface area contributed by atoms with Crippen LogP contribution in [0.1, 0.15) is 15.9 Å². The van der Waals surface area contributed by atoms with Crippen molar-refractivity contribution in [3.05, 3.63) is 70.7 Å². The predicted molar refractivity (Wildman–Crippen MR) is 77.8 cm³/mol. The summed E-state index contributed by atoms with van der Waals surface area (Å²) in [5.74, 6) is 0.104. The van der Waals surface area contributed by atoms with Gasteiger partial charge < -0.3 is 0 Å². The van der Waals surface area contributed by atoms with Gasteiger partial charge in [-0.3, -0.25) is 4.79 Å². The molecule has 0 saturated heterocycles. The molecule has 3 aromatic rings. The maximum absolute atomic E-state index is 12.4. The minimum absolute atomic E-state index is 0.104. The van der Waals surface area contributed by atoms with Crippen LogP contribution in [0.3, 0.4) is 0 Å². The van der Waals surface area contributed by atoms with Crippen LogP contribution in [0.5, 0.6) is 0 Å². The Hall–Kier alpha value is -2.12. The van der Waals surface area contributed by atoms with E-state index in [0.717, 1.165) is 33.0 Å². The monoisotopic (exact) mass is 264 g/mol. The Morgan fingerprint density at radius 1 is 0.684 bits per heavy atom. The summed E-state index contributed by atoms with van der Waals surface area (Å²) in [6.07, 6.45) is 0. The molecule has 0 spiro atoms. The maximum atomic E-state index is 12.4. The van der Waals surface area contributed by atoms with E-state index >= 15 is 0 Å². The highest BCUT2D eigenvalue weighted by Gasteiger charge is 2.26. The van der Waals surface area contributed by atoms with E-state index in [-0.39, 0.29) is 5.78 Å². The van der Waals surface area contributed by atoms with Crippen molar-refractivity contribution in [2.24, 2.45) is 0 Å². The van der Waals surface area contributed by atoms with Crippen LogP contribution >= 0.6 is 11.6 Å². The first-order valence-corrected chi connectivity index (χ1v) is 6.49. The zero-order chi connectivity index (χ0) is 13.0. The summed E-state index contributed by atoms with van der Waals surface area (Å²) in [4.78, 5) is 12.4. The van der Waals surface area contributed by atoms with Crippen molar-refractivity contribution in [1.82, 2.24) is 0 Å². The molecule has 0 atom stereocenters. The van der Waals surface area contributed by atoms with Gasteiger partial charge in [0.05, 0.1) is 0 Å². The minimum atomic E-state index is 0.104. The lowest BCUT2D eigenvalue weighted by Gasteiger charge is -2.03. The van der Waals surface area contributed by atoms with Gasteiger partial charge >= 0.3 is 0 Å². The number of fused-ring (bicyclic) bond motifs is 4. The fourth-order valence-corrected chi connectivity index (χ4v) is 2.92. The lowest BCUT2D eigenvalue weighted by Crippen LogP contribution is -1.94. The van der Waals surface area contributed by atoms with Crippen LogP contribution in [0.2, 0.25) is 5.02 Å². The first kappa shape index (κ1) is 10.8. The number of halogens is 1. The van der Waals surface area contributed by atoms with E-state index in [4.69, 9.17) is 11.6 Å². The molecule has 4 rings (SSSR count). The van der Waals surface area contributed by atoms with Gasteiger partial charge in [0.15, 0.2) is 5.78 Å². The molecule has 0 N–H and O–H groups in total. The second-order valence-corrected chi connectivity index (χ2v) is 5.20. The second-order valence-electron chi connectivity index (χ2n) is 4.76. The third-order valence-electron chi connectivity index (χ3n) is 3.65. The van der Waals surface area contributed by atoms with E-state index in [1.54, 1.807) is 0 Å². The van der Waals surface area contributed by atoms with Crippen LogP contribution in [0, 0.1) is 0 Å². The fourth-order valence-electron chi connectivity index (χ4n) is 2.74. The van der Waals surface area contributed by atoms with Crippen molar-refractivity contribution >= 4 is 28.2 Å². The van der Waals surface area contributed by atoms with E-state index < -0.39 is 0 Å². The van der Waals surface area contributed by atoms with E-state index in [9.17, 15) is 4.79 Å². The summed E-state index contributed by atoms with van der Waals surface area (Å²) in [7, 11) is 0. The smallest absolute Gasteiger partial charge is 0.194 e. The summed E-state index contributed by atoms with van der Waals surface area (Å²) in [5.41, 5.74) is 3.62. The quantitative estimate of drug-likeness (QED) is 0.450. The van der Waals surface area contributed by atoms with E-state index in [1.165, 1.54) is 0 Å². The molecule has 0 amide bonds. The molecule has 0 unspecified atom stereocenters. The number of ketones is 1. The maximum Gasteiger partial charge on any atom is 0.194 e. The molecule has 0 aromatic heterocycles. The van der Waals surface area contributed by atoms with Crippen LogP contribution in [0.25, 0.3) is 21.9 Å². The van der Waals surface area contributed by atoms with Crippen molar-refractivity contribution < 1.29 is 4.79 Å². The van der Waals surface area contributed by atoms with Crippen LogP contribution in [0.4, 0.5) is 0 Å². The molecular formula is C17H9ClO. The topological polar surface area (TPSA) is 17.1 Å². The summed E-state index contributed by atoms with van der Waals surface area (Å²) < 4.78 is 0. The highest BCUT2D eigenvalue weighted by atomic mass is 35.5. The van der Waals surface area contributed by atoms with E-state index in [1.807, 2.05) is 48.5 Å². The number of hydrogen-bond donors (Lipinski definition) is 0. The van der Waals surface area contributed by atoms with Crippen molar-refractivity contribution in [2.45, 2.75) is 0 Å². The molecule has 90 valence electrons. The highest BCUT2D eigenvalue weighted by molar-refractivity contribution is 6.31. The van der Waals surface area contributed by atoms with Crippen molar-refractivity contribution in [3.8, 4) is 11.1 Å². The summed E-state index contributed by atoms with van der Waals surface area (Å²) in [6.45, 7) is 0. The third kappa shape index (κ3) is 1.45. The van der Waals surface area contributed by atoms with Gasteiger partial charge in [0, 0.05) is 16.1 Å². The molecule has 1 aliphatic rings. The fraction of sp³-hybridized carbons (Fsp3) is 0. The van der Waals surface area contributed by atoms with E-state index in [0.29, 0.717) is 5.02 Å². The molecule has 19 heavy (non-hydrogen) atoms. The lowest BCUT2D eigenvalue weighted by atomic mass is 10.0. The molecule has 1 aliphatic carbocycles. The van der Waals surface area contributed by atoms with Crippen molar-refractivity contribution in [2.75, 3.05) is 0 Å². The lowest BCUT2D eigenvalue weighted by molar-refractivity contribution is 0.104. The summed E-state index contributed by atoms with van der Waals surface area (Å²) in [6, 6.07) is 17.5. The molecule has 3 aromatic carbocycles. The normalized spacial score (nSPS) is 12.6. The molecule has 0 radical (unpaired) electrons. The van der Waals surface area contributed by atoms with Gasteiger partial charge in [-0.1, -0.05) is 41.9 Å². The van der Waals surface area contributed by atoms with Gasteiger partial charge in [-0.05, 0) is 46.2 Å². The zero-order valence-corrected chi connectivity index (χ0v) is 10.7. The Kier molecular flexibility index (Phi) is 2.09. The van der Waals surface area contributed by atoms with E-state index in [2.05, 4.69) is 6.07 Å². The first-order valence-electron chi connectivity index (χ1n) is 6.11. The Bertz CT molecular complexity index is 849. The van der Waals surface area contributed by atoms with Crippen LogP contribution in [-0.4, -0.2) is 5.78 Å². The summed E-state index contributed by atoms with van der Waals surface area (Å²) in [5, 5.41) is 2.80. The summed E-state index contributed by atoms with van der Waals surface area (Å²) >= 11 is 6.01. The number of carbonyl (C=O) groups is 1. The first-order chi connectivity index (χ1) is 9.24. The number of hydrogen-bond acceptors (Lipinski definition) is 1. The van der Waals surface area contributed by atoms with Gasteiger partial charge in [-0.2, -0.15) is 0 Å². The second kappa shape index (κ2) is 3.69. The Balaban J connectivity index is 2.11. The van der Waals surface area contributed by atoms with Crippen LogP contribution in [0.15, 0.2) is 54.6 Å². The average Bonchev–Trinajstić information content (AvgIpc) is 2.70. The average molecular weight is 265 g/mol. The third-order valence-corrected chi connectivity index (χ3v) is 3.88. The Morgan fingerprint density at radius 3 is 2.26 bits per heavy atom. The minimum Gasteiger partial charge on any atom is -0.289 e. The zero-order valence-electron chi connectivity index (χ0n) is 9.98. The SMILES string of the molecule is O=C1c2ccccc2-c2cc3ccc(Cl)cc3cc21. The van der Waals surface area contributed by atoms with Crippen LogP contribution in [-0.2, 0) is 0 Å². The largest absolute Gasteiger partial charge is 0.289 e. The molecule has 0 fully saturated rings. The van der Waals surface area contributed by atoms with Crippen molar-refractivity contribution in [3.63, 3.8) is 0 Å². The standard InChI is InChI=1S/C17H9ClO/c18-12-6-5-10-8-15-13-3-1-2-4-14(13)17(19)16(15)9-11(10)7-12/h1-9H. The molecule has 1 nitrogen and oxygen atoms in total. The van der Waals surface area contributed by atoms with Gasteiger partial charge in [0.25, 0.3) is 0 Å².